The van der Waals surface area contributed by atoms with Crippen LogP contribution in [0, 0.1) is 0 Å². The zero-order chi connectivity index (χ0) is 17.3. The summed E-state index contributed by atoms with van der Waals surface area (Å²) in [6.07, 6.45) is 0.383. The van der Waals surface area contributed by atoms with Gasteiger partial charge in [0, 0.05) is 39.2 Å². The third-order valence-corrected chi connectivity index (χ3v) is 4.00. The van der Waals surface area contributed by atoms with E-state index >= 15 is 0 Å². The van der Waals surface area contributed by atoms with E-state index in [2.05, 4.69) is 31.2 Å². The number of hydrogen-bond acceptors (Lipinski definition) is 5. The number of nitrogens with one attached hydrogen (secondary N) is 2. The molecule has 0 radical (unpaired) electrons. The second-order valence-corrected chi connectivity index (χ2v) is 7.96. The lowest BCUT2D eigenvalue weighted by atomic mass is 10.1. The molecule has 1 amide bonds. The Morgan fingerprint density at radius 2 is 1.87 bits per heavy atom. The molecule has 0 aromatic heterocycles. The van der Waals surface area contributed by atoms with Gasteiger partial charge in [-0.1, -0.05) is 30.3 Å². The van der Waals surface area contributed by atoms with Crippen molar-refractivity contribution in [2.45, 2.75) is 51.8 Å². The van der Waals surface area contributed by atoms with Crippen molar-refractivity contribution in [3.8, 4) is 0 Å². The van der Waals surface area contributed by atoms with E-state index in [4.69, 9.17) is 4.74 Å². The van der Waals surface area contributed by atoms with Crippen molar-refractivity contribution >= 4 is 42.2 Å². The van der Waals surface area contributed by atoms with Crippen LogP contribution in [-0.4, -0.2) is 23.5 Å². The third-order valence-electron chi connectivity index (χ3n) is 2.81. The predicted molar refractivity (Wildman–Crippen MR) is 102 cm³/mol. The molecule has 0 bridgehead atoms. The van der Waals surface area contributed by atoms with Gasteiger partial charge in [0.05, 0.1) is 6.42 Å². The molecule has 0 aliphatic rings. The number of benzene rings is 1. The average Bonchev–Trinajstić information content (AvgIpc) is 2.44. The minimum atomic E-state index is -0.319. The van der Waals surface area contributed by atoms with Crippen molar-refractivity contribution in [2.75, 3.05) is 0 Å². The first kappa shape index (κ1) is 20.2. The first-order chi connectivity index (χ1) is 10.8. The number of carbonyl (C=O) groups is 2. The van der Waals surface area contributed by atoms with Crippen LogP contribution < -0.4 is 10.0 Å². The fraction of sp³-hybridized carbons (Fsp3) is 0.500. The molecule has 1 aromatic carbocycles. The summed E-state index contributed by atoms with van der Waals surface area (Å²) in [5.74, 6) is -0.406. The van der Waals surface area contributed by atoms with E-state index in [1.165, 1.54) is 9.12 Å². The fourth-order valence-corrected chi connectivity index (χ4v) is 3.28. The van der Waals surface area contributed by atoms with Gasteiger partial charge in [-0.15, -0.1) is 0 Å². The molecule has 1 aromatic rings. The van der Waals surface area contributed by atoms with Crippen molar-refractivity contribution in [1.29, 1.82) is 0 Å². The number of hydrogen-bond donors (Lipinski definition) is 2. The summed E-state index contributed by atoms with van der Waals surface area (Å²) < 4.78 is 8.34. The van der Waals surface area contributed by atoms with Crippen molar-refractivity contribution in [3.63, 3.8) is 0 Å². The van der Waals surface area contributed by atoms with Gasteiger partial charge in [0.1, 0.15) is 6.61 Å². The number of rotatable bonds is 8. The maximum absolute atomic E-state index is 12.0. The molecule has 0 saturated heterocycles. The monoisotopic (exact) mass is 450 g/mol. The third kappa shape index (κ3) is 9.83. The van der Waals surface area contributed by atoms with Gasteiger partial charge in [-0.2, -0.15) is 0 Å². The molecule has 0 fully saturated rings. The molecular formula is C16H23IN2O3S. The van der Waals surface area contributed by atoms with Crippen molar-refractivity contribution < 1.29 is 14.3 Å². The summed E-state index contributed by atoms with van der Waals surface area (Å²) in [7, 11) is 1.36. The second kappa shape index (κ2) is 10.1. The number of halogens is 1. The lowest BCUT2D eigenvalue weighted by Crippen LogP contribution is -2.43. The van der Waals surface area contributed by atoms with E-state index < -0.39 is 0 Å². The summed E-state index contributed by atoms with van der Waals surface area (Å²) in [5.41, 5.74) is 0.659. The van der Waals surface area contributed by atoms with Gasteiger partial charge in [-0.3, -0.25) is 14.3 Å². The highest BCUT2D eigenvalue weighted by atomic mass is 127. The van der Waals surface area contributed by atoms with E-state index in [0.29, 0.717) is 0 Å². The molecular weight excluding hydrogens is 427 g/mol. The quantitative estimate of drug-likeness (QED) is 0.361. The maximum Gasteiger partial charge on any atom is 0.307 e. The molecule has 0 aliphatic heterocycles. The Hall–Kier alpha value is -0.800. The maximum atomic E-state index is 12.0. The Labute approximate surface area is 154 Å². The molecule has 5 nitrogen and oxygen atoms in total. The topological polar surface area (TPSA) is 67.4 Å². The molecule has 128 valence electrons. The van der Waals surface area contributed by atoms with E-state index in [9.17, 15) is 9.59 Å². The van der Waals surface area contributed by atoms with Crippen LogP contribution in [0.4, 0.5) is 0 Å². The predicted octanol–water partition coefficient (Wildman–Crippen LogP) is 3.38. The lowest BCUT2D eigenvalue weighted by molar-refractivity contribution is -0.145. The molecule has 0 heterocycles. The zero-order valence-corrected chi connectivity index (χ0v) is 16.6. The van der Waals surface area contributed by atoms with Gasteiger partial charge in [0.2, 0.25) is 5.91 Å². The van der Waals surface area contributed by atoms with Crippen LogP contribution in [-0.2, 0) is 20.9 Å². The van der Waals surface area contributed by atoms with Crippen LogP contribution in [0.2, 0.25) is 0 Å². The molecule has 0 spiro atoms. The van der Waals surface area contributed by atoms with Crippen LogP contribution >= 0.6 is 30.3 Å². The normalized spacial score (nSPS) is 12.5. The number of esters is 1. The van der Waals surface area contributed by atoms with Gasteiger partial charge >= 0.3 is 5.97 Å². The fourth-order valence-electron chi connectivity index (χ4n) is 1.91. The number of amides is 1. The molecule has 0 saturated carbocycles. The van der Waals surface area contributed by atoms with Crippen molar-refractivity contribution in [2.24, 2.45) is 0 Å². The van der Waals surface area contributed by atoms with Gasteiger partial charge in [0.15, 0.2) is 0 Å². The Morgan fingerprint density at radius 3 is 2.43 bits per heavy atom. The van der Waals surface area contributed by atoms with Gasteiger partial charge in [0.25, 0.3) is 0 Å². The highest BCUT2D eigenvalue weighted by Gasteiger charge is 2.21. The summed E-state index contributed by atoms with van der Waals surface area (Å²) >= 11 is 2.08. The van der Waals surface area contributed by atoms with Crippen LogP contribution in [0.5, 0.6) is 0 Å². The van der Waals surface area contributed by atoms with E-state index in [-0.39, 0.29) is 42.9 Å². The summed E-state index contributed by atoms with van der Waals surface area (Å²) in [4.78, 5) is 24.0. The molecule has 7 heteroatoms. The summed E-state index contributed by atoms with van der Waals surface area (Å²) in [5, 5.41) is 2.90. The van der Waals surface area contributed by atoms with Crippen LogP contribution in [0.3, 0.4) is 0 Å². The molecule has 0 aliphatic carbocycles. The molecule has 23 heavy (non-hydrogen) atoms. The SMILES string of the molecule is CC(C)(C)NC(=O)C[C@H](CC(=O)OCc1ccccc1)NSI. The first-order valence-electron chi connectivity index (χ1n) is 7.34. The molecule has 0 unspecified atom stereocenters. The van der Waals surface area contributed by atoms with E-state index in [0.717, 1.165) is 5.56 Å². The number of ether oxygens (including phenoxy) is 1. The van der Waals surface area contributed by atoms with Gasteiger partial charge in [-0.05, 0) is 35.5 Å². The van der Waals surface area contributed by atoms with Crippen molar-refractivity contribution in [3.05, 3.63) is 35.9 Å². The highest BCUT2D eigenvalue weighted by Crippen LogP contribution is 2.13. The number of carbonyl (C=O) groups excluding carboxylic acids is 2. The van der Waals surface area contributed by atoms with Crippen molar-refractivity contribution in [1.82, 2.24) is 10.0 Å². The second-order valence-electron chi connectivity index (χ2n) is 6.24. The highest BCUT2D eigenvalue weighted by molar-refractivity contribution is 14.2. The Bertz CT molecular complexity index is 506. The van der Waals surface area contributed by atoms with E-state index in [1.54, 1.807) is 0 Å². The molecule has 1 atom stereocenters. The average molecular weight is 450 g/mol. The van der Waals surface area contributed by atoms with Gasteiger partial charge in [-0.25, -0.2) is 0 Å². The minimum absolute atomic E-state index is 0.0868. The van der Waals surface area contributed by atoms with Crippen LogP contribution in [0.25, 0.3) is 0 Å². The smallest absolute Gasteiger partial charge is 0.307 e. The molecule has 1 rings (SSSR count). The molecule has 2 N–H and O–H groups in total. The Balaban J connectivity index is 2.44. The van der Waals surface area contributed by atoms with Crippen LogP contribution in [0.1, 0.15) is 39.2 Å². The Kier molecular flexibility index (Phi) is 8.93. The lowest BCUT2D eigenvalue weighted by Gasteiger charge is -2.22. The zero-order valence-electron chi connectivity index (χ0n) is 13.6. The Morgan fingerprint density at radius 1 is 1.22 bits per heavy atom. The largest absolute Gasteiger partial charge is 0.461 e. The van der Waals surface area contributed by atoms with Crippen LogP contribution in [0.15, 0.2) is 30.3 Å². The van der Waals surface area contributed by atoms with Gasteiger partial charge < -0.3 is 10.1 Å². The standard InChI is InChI=1S/C16H23IN2O3S/c1-16(2,3)18-14(20)9-13(19-23-17)10-15(21)22-11-12-7-5-4-6-8-12/h4-8,13,19H,9-11H2,1-3H3,(H,18,20)/t13-/m1/s1. The van der Waals surface area contributed by atoms with E-state index in [1.807, 2.05) is 51.1 Å². The first-order valence-corrected chi connectivity index (χ1v) is 10.7. The minimum Gasteiger partial charge on any atom is -0.461 e. The summed E-state index contributed by atoms with van der Waals surface area (Å²) in [6.45, 7) is 6.02. The summed E-state index contributed by atoms with van der Waals surface area (Å²) in [6, 6.07) is 9.26.